The number of aromatic nitrogens is 2. The predicted octanol–water partition coefficient (Wildman–Crippen LogP) is 2.97. The number of hydrogen-bond acceptors (Lipinski definition) is 3. The molecule has 0 saturated carbocycles. The lowest BCUT2D eigenvalue weighted by Gasteiger charge is -2.22. The van der Waals surface area contributed by atoms with Gasteiger partial charge in [-0.2, -0.15) is 18.3 Å². The van der Waals surface area contributed by atoms with Crippen LogP contribution < -0.4 is 10.6 Å². The van der Waals surface area contributed by atoms with Crippen molar-refractivity contribution in [2.24, 2.45) is 0 Å². The molecule has 1 amide bonds. The van der Waals surface area contributed by atoms with Crippen LogP contribution in [0.25, 0.3) is 5.69 Å². The van der Waals surface area contributed by atoms with E-state index in [1.807, 2.05) is 0 Å². The van der Waals surface area contributed by atoms with Crippen molar-refractivity contribution >= 4 is 11.6 Å². The molecule has 5 nitrogen and oxygen atoms in total. The molecular weight excluding hydrogens is 321 g/mol. The van der Waals surface area contributed by atoms with Gasteiger partial charge in [0.25, 0.3) is 0 Å². The van der Waals surface area contributed by atoms with Crippen LogP contribution >= 0.6 is 0 Å². The molecule has 1 saturated heterocycles. The van der Waals surface area contributed by atoms with Gasteiger partial charge in [0.2, 0.25) is 5.91 Å². The highest BCUT2D eigenvalue weighted by Gasteiger charge is 2.35. The van der Waals surface area contributed by atoms with Crippen molar-refractivity contribution in [3.8, 4) is 5.69 Å². The Hall–Kier alpha value is -2.35. The van der Waals surface area contributed by atoms with Gasteiger partial charge in [0, 0.05) is 5.69 Å². The fraction of sp³-hybridized carbons (Fsp3) is 0.375. The maximum atomic E-state index is 12.9. The van der Waals surface area contributed by atoms with E-state index in [4.69, 9.17) is 0 Å². The van der Waals surface area contributed by atoms with E-state index < -0.39 is 11.9 Å². The van der Waals surface area contributed by atoms with E-state index in [1.165, 1.54) is 12.1 Å². The Balaban J connectivity index is 1.72. The lowest BCUT2D eigenvalue weighted by molar-refractivity contribution is -0.142. The van der Waals surface area contributed by atoms with Crippen LogP contribution in [0.5, 0.6) is 0 Å². The van der Waals surface area contributed by atoms with Crippen LogP contribution in [-0.2, 0) is 11.0 Å². The minimum Gasteiger partial charge on any atom is -0.325 e. The molecule has 1 aromatic carbocycles. The van der Waals surface area contributed by atoms with E-state index in [0.717, 1.165) is 42.8 Å². The summed E-state index contributed by atoms with van der Waals surface area (Å²) in [5.41, 5.74) is -0.0244. The van der Waals surface area contributed by atoms with Crippen molar-refractivity contribution in [2.45, 2.75) is 31.5 Å². The van der Waals surface area contributed by atoms with Gasteiger partial charge in [0.1, 0.15) is 5.69 Å². The number of nitrogens with zero attached hydrogens (tertiary/aromatic N) is 2. The number of rotatable bonds is 3. The molecule has 1 aliphatic rings. The van der Waals surface area contributed by atoms with Crippen molar-refractivity contribution in [3.63, 3.8) is 0 Å². The first kappa shape index (κ1) is 16.5. The molecule has 0 bridgehead atoms. The number of carbonyl (C=O) groups is 1. The number of nitrogens with one attached hydrogen (secondary N) is 2. The van der Waals surface area contributed by atoms with Gasteiger partial charge in [-0.25, -0.2) is 4.68 Å². The highest BCUT2D eigenvalue weighted by atomic mass is 19.4. The molecular formula is C16H17F3N4O. The molecule has 0 unspecified atom stereocenters. The molecule has 1 aromatic heterocycles. The normalized spacial score (nSPS) is 18.4. The van der Waals surface area contributed by atoms with Crippen LogP contribution in [0.2, 0.25) is 0 Å². The zero-order valence-corrected chi connectivity index (χ0v) is 12.8. The van der Waals surface area contributed by atoms with Crippen molar-refractivity contribution in [3.05, 3.63) is 42.2 Å². The van der Waals surface area contributed by atoms with Crippen LogP contribution in [0.1, 0.15) is 25.0 Å². The Labute approximate surface area is 136 Å². The molecule has 2 N–H and O–H groups in total. The maximum absolute atomic E-state index is 12.9. The van der Waals surface area contributed by atoms with E-state index in [9.17, 15) is 18.0 Å². The minimum absolute atomic E-state index is 0.127. The molecule has 128 valence electrons. The summed E-state index contributed by atoms with van der Waals surface area (Å²) in [7, 11) is 0. The lowest BCUT2D eigenvalue weighted by Crippen LogP contribution is -2.43. The minimum atomic E-state index is -4.48. The average molecular weight is 338 g/mol. The molecule has 0 spiro atoms. The summed E-state index contributed by atoms with van der Waals surface area (Å²) in [6.45, 7) is 0.816. The second-order valence-electron chi connectivity index (χ2n) is 5.66. The van der Waals surface area contributed by atoms with Gasteiger partial charge in [-0.15, -0.1) is 0 Å². The maximum Gasteiger partial charge on any atom is 0.433 e. The second kappa shape index (κ2) is 6.64. The summed E-state index contributed by atoms with van der Waals surface area (Å²) in [5, 5.41) is 9.64. The fourth-order valence-electron chi connectivity index (χ4n) is 2.71. The monoisotopic (exact) mass is 338 g/mol. The SMILES string of the molecule is O=C(Nc1ccc(-n2nccc2C(F)(F)F)cc1)[C@@H]1CCCCN1. The molecule has 2 heterocycles. The second-order valence-corrected chi connectivity index (χ2v) is 5.66. The average Bonchev–Trinajstić information content (AvgIpc) is 3.06. The molecule has 3 rings (SSSR count). The van der Waals surface area contributed by atoms with E-state index in [-0.39, 0.29) is 17.6 Å². The topological polar surface area (TPSA) is 59.0 Å². The van der Waals surface area contributed by atoms with E-state index in [0.29, 0.717) is 5.69 Å². The molecule has 0 aliphatic carbocycles. The molecule has 8 heteroatoms. The van der Waals surface area contributed by atoms with Gasteiger partial charge in [0.05, 0.1) is 17.9 Å². The number of halogens is 3. The van der Waals surface area contributed by atoms with Gasteiger partial charge in [-0.05, 0) is 49.7 Å². The first-order valence-electron chi connectivity index (χ1n) is 7.71. The van der Waals surface area contributed by atoms with Crippen LogP contribution in [0.3, 0.4) is 0 Å². The Morgan fingerprint density at radius 2 is 1.96 bits per heavy atom. The predicted molar refractivity (Wildman–Crippen MR) is 82.8 cm³/mol. The third kappa shape index (κ3) is 3.59. The van der Waals surface area contributed by atoms with E-state index >= 15 is 0 Å². The largest absolute Gasteiger partial charge is 0.433 e. The van der Waals surface area contributed by atoms with Gasteiger partial charge >= 0.3 is 6.18 Å². The lowest BCUT2D eigenvalue weighted by atomic mass is 10.0. The number of piperidine rings is 1. The van der Waals surface area contributed by atoms with Crippen LogP contribution in [0.15, 0.2) is 36.5 Å². The summed E-state index contributed by atoms with van der Waals surface area (Å²) in [5.74, 6) is -0.127. The molecule has 0 radical (unpaired) electrons. The van der Waals surface area contributed by atoms with Crippen LogP contribution in [0.4, 0.5) is 18.9 Å². The van der Waals surface area contributed by atoms with Crippen LogP contribution in [0, 0.1) is 0 Å². The Morgan fingerprint density at radius 3 is 2.58 bits per heavy atom. The summed E-state index contributed by atoms with van der Waals surface area (Å²) >= 11 is 0. The fourth-order valence-corrected chi connectivity index (χ4v) is 2.71. The molecule has 1 atom stereocenters. The summed E-state index contributed by atoms with van der Waals surface area (Å²) in [6, 6.07) is 6.82. The Bertz CT molecular complexity index is 703. The Morgan fingerprint density at radius 1 is 1.21 bits per heavy atom. The smallest absolute Gasteiger partial charge is 0.325 e. The number of anilines is 1. The Kier molecular flexibility index (Phi) is 4.57. The zero-order chi connectivity index (χ0) is 17.2. The quantitative estimate of drug-likeness (QED) is 0.905. The molecule has 2 aromatic rings. The number of benzene rings is 1. The van der Waals surface area contributed by atoms with Crippen molar-refractivity contribution < 1.29 is 18.0 Å². The van der Waals surface area contributed by atoms with Gasteiger partial charge in [-0.1, -0.05) is 6.42 Å². The number of alkyl halides is 3. The number of hydrogen-bond donors (Lipinski definition) is 2. The van der Waals surface area contributed by atoms with Crippen molar-refractivity contribution in [1.82, 2.24) is 15.1 Å². The van der Waals surface area contributed by atoms with Gasteiger partial charge in [-0.3, -0.25) is 4.79 Å². The summed E-state index contributed by atoms with van der Waals surface area (Å²) in [4.78, 5) is 12.1. The summed E-state index contributed by atoms with van der Waals surface area (Å²) in [6.07, 6.45) is -0.525. The van der Waals surface area contributed by atoms with E-state index in [2.05, 4.69) is 15.7 Å². The van der Waals surface area contributed by atoms with Gasteiger partial charge < -0.3 is 10.6 Å². The summed E-state index contributed by atoms with van der Waals surface area (Å²) < 4.78 is 39.5. The molecule has 24 heavy (non-hydrogen) atoms. The third-order valence-corrected chi connectivity index (χ3v) is 3.94. The highest BCUT2D eigenvalue weighted by molar-refractivity contribution is 5.94. The van der Waals surface area contributed by atoms with E-state index in [1.54, 1.807) is 12.1 Å². The van der Waals surface area contributed by atoms with Crippen molar-refractivity contribution in [2.75, 3.05) is 11.9 Å². The van der Waals surface area contributed by atoms with Crippen LogP contribution in [-0.4, -0.2) is 28.3 Å². The number of carbonyl (C=O) groups excluding carboxylic acids is 1. The number of amides is 1. The van der Waals surface area contributed by atoms with Crippen molar-refractivity contribution in [1.29, 1.82) is 0 Å². The zero-order valence-electron chi connectivity index (χ0n) is 12.8. The van der Waals surface area contributed by atoms with Gasteiger partial charge in [0.15, 0.2) is 0 Å². The molecule has 1 fully saturated rings. The first-order valence-corrected chi connectivity index (χ1v) is 7.71. The third-order valence-electron chi connectivity index (χ3n) is 3.94. The highest BCUT2D eigenvalue weighted by Crippen LogP contribution is 2.30. The molecule has 1 aliphatic heterocycles. The standard InChI is InChI=1S/C16H17F3N4O/c17-16(18,19)14-8-10-21-23(14)12-6-4-11(5-7-12)22-15(24)13-3-1-2-9-20-13/h4-8,10,13,20H,1-3,9H2,(H,22,24)/t13-/m0/s1. The first-order chi connectivity index (χ1) is 11.4.